The Kier molecular flexibility index (Phi) is 5.97. The number of hydrogen-bond donors (Lipinski definition) is 3. The molecule has 1 saturated heterocycles. The van der Waals surface area contributed by atoms with Gasteiger partial charge in [-0.25, -0.2) is 14.3 Å². The first-order chi connectivity index (χ1) is 14.5. The van der Waals surface area contributed by atoms with Crippen molar-refractivity contribution in [2.45, 2.75) is 23.1 Å². The molecular formula is C16H17N7O4S3. The molecule has 0 saturated carbocycles. The van der Waals surface area contributed by atoms with E-state index >= 15 is 0 Å². The number of aromatic nitrogens is 4. The molecule has 0 aliphatic carbocycles. The molecule has 2 aliphatic heterocycles. The second-order valence-electron chi connectivity index (χ2n) is 6.42. The molecule has 2 atom stereocenters. The molecule has 0 spiro atoms. The van der Waals surface area contributed by atoms with Crippen molar-refractivity contribution in [3.63, 3.8) is 0 Å². The van der Waals surface area contributed by atoms with E-state index in [0.29, 0.717) is 28.8 Å². The number of carboxylic acids is 1. The lowest BCUT2D eigenvalue weighted by Crippen LogP contribution is -2.71. The molecule has 4 heterocycles. The van der Waals surface area contributed by atoms with Gasteiger partial charge >= 0.3 is 12.0 Å². The molecular weight excluding hydrogens is 450 g/mol. The molecule has 1 fully saturated rings. The number of nitrogens with zero attached hydrogens (tertiary/aromatic N) is 5. The van der Waals surface area contributed by atoms with E-state index in [1.165, 1.54) is 44.4 Å². The normalized spacial score (nSPS) is 20.6. The monoisotopic (exact) mass is 467 g/mol. The number of aliphatic carboxylic acids is 1. The van der Waals surface area contributed by atoms with Gasteiger partial charge in [0.2, 0.25) is 5.16 Å². The van der Waals surface area contributed by atoms with Gasteiger partial charge in [-0.05, 0) is 27.4 Å². The Morgan fingerprint density at radius 3 is 2.93 bits per heavy atom. The van der Waals surface area contributed by atoms with Gasteiger partial charge in [0.15, 0.2) is 0 Å². The van der Waals surface area contributed by atoms with Gasteiger partial charge in [-0.15, -0.1) is 28.2 Å². The van der Waals surface area contributed by atoms with Gasteiger partial charge in [0.25, 0.3) is 5.91 Å². The van der Waals surface area contributed by atoms with Crippen LogP contribution in [0.15, 0.2) is 33.9 Å². The summed E-state index contributed by atoms with van der Waals surface area (Å²) < 4.78 is 1.49. The zero-order valence-corrected chi connectivity index (χ0v) is 18.1. The van der Waals surface area contributed by atoms with Crippen molar-refractivity contribution in [3.05, 3.63) is 33.7 Å². The number of fused-ring (bicyclic) bond motifs is 1. The summed E-state index contributed by atoms with van der Waals surface area (Å²) in [6.07, 6.45) is 0. The third-order valence-corrected chi connectivity index (χ3v) is 7.81. The Morgan fingerprint density at radius 1 is 1.43 bits per heavy atom. The maximum atomic E-state index is 12.6. The Morgan fingerprint density at radius 2 is 2.27 bits per heavy atom. The van der Waals surface area contributed by atoms with Gasteiger partial charge in [-0.2, -0.15) is 0 Å². The first-order valence-electron chi connectivity index (χ1n) is 8.77. The second kappa shape index (κ2) is 8.65. The fourth-order valence-corrected chi connectivity index (χ4v) is 6.04. The third-order valence-electron chi connectivity index (χ3n) is 4.50. The number of urea groups is 1. The van der Waals surface area contributed by atoms with Crippen molar-refractivity contribution in [1.82, 2.24) is 35.7 Å². The highest BCUT2D eigenvalue weighted by atomic mass is 32.2. The fourth-order valence-electron chi connectivity index (χ4n) is 3.06. The van der Waals surface area contributed by atoms with Crippen molar-refractivity contribution in [2.75, 3.05) is 11.5 Å². The van der Waals surface area contributed by atoms with E-state index in [9.17, 15) is 19.5 Å². The van der Waals surface area contributed by atoms with Gasteiger partial charge in [0.05, 0.1) is 6.54 Å². The number of hydrogen-bond acceptors (Lipinski definition) is 9. The molecule has 2 aromatic heterocycles. The van der Waals surface area contributed by atoms with E-state index in [-0.39, 0.29) is 5.70 Å². The number of thioether (sulfide) groups is 2. The third kappa shape index (κ3) is 4.02. The number of carboxylic acid groups (broad SMARTS) is 1. The molecule has 1 unspecified atom stereocenters. The van der Waals surface area contributed by atoms with Crippen LogP contribution in [0.4, 0.5) is 4.79 Å². The van der Waals surface area contributed by atoms with Crippen LogP contribution in [0.25, 0.3) is 0 Å². The average Bonchev–Trinajstić information content (AvgIpc) is 3.39. The van der Waals surface area contributed by atoms with Crippen LogP contribution in [-0.4, -0.2) is 71.0 Å². The van der Waals surface area contributed by atoms with Crippen LogP contribution in [0, 0.1) is 0 Å². The highest BCUT2D eigenvalue weighted by Gasteiger charge is 2.54. The summed E-state index contributed by atoms with van der Waals surface area (Å²) in [7, 11) is 1.69. The number of aryl methyl sites for hydroxylation is 1. The van der Waals surface area contributed by atoms with Crippen molar-refractivity contribution < 1.29 is 19.5 Å². The van der Waals surface area contributed by atoms with Crippen LogP contribution in [-0.2, 0) is 23.2 Å². The van der Waals surface area contributed by atoms with Crippen molar-refractivity contribution in [2.24, 2.45) is 7.05 Å². The van der Waals surface area contributed by atoms with Gasteiger partial charge in [0.1, 0.15) is 17.1 Å². The van der Waals surface area contributed by atoms with Crippen LogP contribution in [0.3, 0.4) is 0 Å². The van der Waals surface area contributed by atoms with Gasteiger partial charge in [0, 0.05) is 23.4 Å². The molecule has 30 heavy (non-hydrogen) atoms. The van der Waals surface area contributed by atoms with E-state index in [1.54, 1.807) is 7.05 Å². The lowest BCUT2D eigenvalue weighted by Gasteiger charge is -2.49. The summed E-state index contributed by atoms with van der Waals surface area (Å²) in [4.78, 5) is 38.9. The standard InChI is InChI=1S/C16H17N7O4S3/c1-22-16(19-20-21-22)30-7-8-6-29-13-10(12(24)23(13)11(8)14(25)26)18-15(27)17-5-9-3-2-4-28-9/h2-4,10,13H,5-7H2,1H3,(H,25,26)(H2,17,18,27)/t10?,13-/m0/s1. The lowest BCUT2D eigenvalue weighted by atomic mass is 10.0. The summed E-state index contributed by atoms with van der Waals surface area (Å²) >= 11 is 4.25. The van der Waals surface area contributed by atoms with Crippen LogP contribution in [0.5, 0.6) is 0 Å². The highest BCUT2D eigenvalue weighted by molar-refractivity contribution is 8.01. The molecule has 3 amide bonds. The predicted molar refractivity (Wildman–Crippen MR) is 111 cm³/mol. The summed E-state index contributed by atoms with van der Waals surface area (Å²) in [6, 6.07) is 2.57. The number of thiophene rings is 1. The van der Waals surface area contributed by atoms with Gasteiger partial charge < -0.3 is 15.7 Å². The zero-order valence-electron chi connectivity index (χ0n) is 15.6. The number of nitrogens with one attached hydrogen (secondary N) is 2. The molecule has 158 valence electrons. The van der Waals surface area contributed by atoms with E-state index in [4.69, 9.17) is 0 Å². The van der Waals surface area contributed by atoms with E-state index in [1.807, 2.05) is 17.5 Å². The number of amides is 3. The highest BCUT2D eigenvalue weighted by Crippen LogP contribution is 2.41. The number of rotatable bonds is 7. The SMILES string of the molecule is Cn1nnnc1SCC1=C(C(=O)O)N2C(=O)C(NC(=O)NCc3cccs3)[C@@H]2SC1. The Bertz CT molecular complexity index is 1010. The minimum atomic E-state index is -1.17. The van der Waals surface area contributed by atoms with Crippen molar-refractivity contribution in [1.29, 1.82) is 0 Å². The predicted octanol–water partition coefficient (Wildman–Crippen LogP) is 0.486. The van der Waals surface area contributed by atoms with Gasteiger partial charge in [-0.1, -0.05) is 17.8 Å². The summed E-state index contributed by atoms with van der Waals surface area (Å²) in [5.41, 5.74) is 0.592. The maximum absolute atomic E-state index is 12.6. The molecule has 3 N–H and O–H groups in total. The Hall–Kier alpha value is -2.58. The van der Waals surface area contributed by atoms with E-state index < -0.39 is 29.3 Å². The molecule has 0 aromatic carbocycles. The summed E-state index contributed by atoms with van der Waals surface area (Å²) in [6.45, 7) is 0.366. The first kappa shape index (κ1) is 20.7. The molecule has 2 aromatic rings. The van der Waals surface area contributed by atoms with Crippen LogP contribution in [0.2, 0.25) is 0 Å². The minimum absolute atomic E-state index is 0.0246. The van der Waals surface area contributed by atoms with Crippen LogP contribution in [0.1, 0.15) is 4.88 Å². The summed E-state index contributed by atoms with van der Waals surface area (Å²) in [5.74, 6) is -0.818. The minimum Gasteiger partial charge on any atom is -0.477 e. The molecule has 2 aliphatic rings. The second-order valence-corrected chi connectivity index (χ2v) is 9.50. The topological polar surface area (TPSA) is 142 Å². The quantitative estimate of drug-likeness (QED) is 0.391. The zero-order chi connectivity index (χ0) is 21.3. The van der Waals surface area contributed by atoms with Crippen LogP contribution < -0.4 is 10.6 Å². The Balaban J connectivity index is 1.40. The molecule has 0 radical (unpaired) electrons. The van der Waals surface area contributed by atoms with Gasteiger partial charge in [-0.3, -0.25) is 9.69 Å². The number of tetrazole rings is 1. The largest absolute Gasteiger partial charge is 0.477 e. The average molecular weight is 468 g/mol. The van der Waals surface area contributed by atoms with Crippen LogP contribution >= 0.6 is 34.9 Å². The fraction of sp³-hybridized carbons (Fsp3) is 0.375. The number of β-lactam (4-membered cyclic amide) rings is 1. The number of carbonyl (C=O) groups is 3. The van der Waals surface area contributed by atoms with E-state index in [0.717, 1.165) is 4.88 Å². The van der Waals surface area contributed by atoms with E-state index in [2.05, 4.69) is 26.2 Å². The molecule has 4 rings (SSSR count). The maximum Gasteiger partial charge on any atom is 0.352 e. The van der Waals surface area contributed by atoms with Crippen molar-refractivity contribution in [3.8, 4) is 0 Å². The lowest BCUT2D eigenvalue weighted by molar-refractivity contribution is -0.148. The molecule has 0 bridgehead atoms. The number of carbonyl (C=O) groups excluding carboxylic acids is 2. The smallest absolute Gasteiger partial charge is 0.352 e. The summed E-state index contributed by atoms with van der Waals surface area (Å²) in [5, 5.41) is 28.3. The Labute approximate surface area is 183 Å². The molecule has 14 heteroatoms. The first-order valence-corrected chi connectivity index (χ1v) is 11.7. The molecule has 11 nitrogen and oxygen atoms in total. The van der Waals surface area contributed by atoms with Crippen molar-refractivity contribution >= 4 is 52.8 Å².